The minimum atomic E-state index is -0.347. The first-order valence-electron chi connectivity index (χ1n) is 12.6. The molecule has 1 saturated carbocycles. The Labute approximate surface area is 206 Å². The highest BCUT2D eigenvalue weighted by Crippen LogP contribution is 2.32. The first-order chi connectivity index (χ1) is 16.6. The van der Waals surface area contributed by atoms with Gasteiger partial charge in [0.15, 0.2) is 11.6 Å². The van der Waals surface area contributed by atoms with Crippen LogP contribution in [-0.4, -0.2) is 55.0 Å². The Morgan fingerprint density at radius 1 is 0.971 bits per heavy atom. The second-order valence-electron chi connectivity index (χ2n) is 9.94. The number of anilines is 1. The largest absolute Gasteiger partial charge is 0.381 e. The van der Waals surface area contributed by atoms with Gasteiger partial charge in [0.25, 0.3) is 0 Å². The zero-order valence-corrected chi connectivity index (χ0v) is 20.3. The molecule has 4 heterocycles. The maximum absolute atomic E-state index is 14.5. The average molecular weight is 489 g/mol. The first-order valence-corrected chi connectivity index (χ1v) is 13.0. The van der Waals surface area contributed by atoms with Crippen molar-refractivity contribution in [3.63, 3.8) is 0 Å². The SMILES string of the molecule is Fc1ccc(-c2cc(CC3CCC(NC4COC4)CC3)ncc2Cl)nc1NCC1CCOCC1. The second-order valence-corrected chi connectivity index (χ2v) is 10.3. The smallest absolute Gasteiger partial charge is 0.165 e. The zero-order valence-electron chi connectivity index (χ0n) is 19.6. The molecule has 1 aliphatic carbocycles. The van der Waals surface area contributed by atoms with Gasteiger partial charge in [-0.1, -0.05) is 11.6 Å². The molecular weight excluding hydrogens is 455 g/mol. The van der Waals surface area contributed by atoms with Gasteiger partial charge < -0.3 is 20.1 Å². The summed E-state index contributed by atoms with van der Waals surface area (Å²) in [7, 11) is 0. The highest BCUT2D eigenvalue weighted by molar-refractivity contribution is 6.33. The fourth-order valence-corrected chi connectivity index (χ4v) is 5.39. The number of halogens is 2. The monoisotopic (exact) mass is 488 g/mol. The minimum absolute atomic E-state index is 0.279. The number of hydrogen-bond acceptors (Lipinski definition) is 6. The molecule has 3 fully saturated rings. The van der Waals surface area contributed by atoms with Gasteiger partial charge in [-0.3, -0.25) is 4.98 Å². The van der Waals surface area contributed by atoms with Crippen molar-refractivity contribution in [2.45, 2.75) is 57.0 Å². The summed E-state index contributed by atoms with van der Waals surface area (Å²) in [5.41, 5.74) is 2.49. The fourth-order valence-electron chi connectivity index (χ4n) is 5.19. The van der Waals surface area contributed by atoms with E-state index in [4.69, 9.17) is 21.1 Å². The van der Waals surface area contributed by atoms with Crippen LogP contribution < -0.4 is 10.6 Å². The molecule has 0 aromatic carbocycles. The number of hydrogen-bond donors (Lipinski definition) is 2. The van der Waals surface area contributed by atoms with Crippen molar-refractivity contribution >= 4 is 17.4 Å². The van der Waals surface area contributed by atoms with E-state index < -0.39 is 0 Å². The topological polar surface area (TPSA) is 68.3 Å². The van der Waals surface area contributed by atoms with Crippen LogP contribution >= 0.6 is 11.6 Å². The Bertz CT molecular complexity index is 960. The highest BCUT2D eigenvalue weighted by Gasteiger charge is 2.26. The molecule has 6 nitrogen and oxygen atoms in total. The van der Waals surface area contributed by atoms with Crippen molar-refractivity contribution in [1.82, 2.24) is 15.3 Å². The van der Waals surface area contributed by atoms with Gasteiger partial charge in [0.2, 0.25) is 0 Å². The van der Waals surface area contributed by atoms with Crippen molar-refractivity contribution in [2.75, 3.05) is 38.3 Å². The number of rotatable bonds is 8. The lowest BCUT2D eigenvalue weighted by molar-refractivity contribution is -0.0126. The van der Waals surface area contributed by atoms with E-state index in [9.17, 15) is 4.39 Å². The predicted molar refractivity (Wildman–Crippen MR) is 132 cm³/mol. The molecule has 3 aliphatic rings. The summed E-state index contributed by atoms with van der Waals surface area (Å²) >= 11 is 6.50. The summed E-state index contributed by atoms with van der Waals surface area (Å²) in [5, 5.41) is 7.45. The van der Waals surface area contributed by atoms with Crippen LogP contribution in [0.2, 0.25) is 5.02 Å². The molecule has 2 saturated heterocycles. The summed E-state index contributed by atoms with van der Waals surface area (Å²) in [6, 6.07) is 6.34. The van der Waals surface area contributed by atoms with Gasteiger partial charge in [0, 0.05) is 43.3 Å². The normalized spacial score (nSPS) is 24.1. The Hall–Kier alpha value is -1.80. The highest BCUT2D eigenvalue weighted by atomic mass is 35.5. The van der Waals surface area contributed by atoms with E-state index in [0.717, 1.165) is 56.9 Å². The Morgan fingerprint density at radius 2 is 1.76 bits per heavy atom. The standard InChI is InChI=1S/C26H34ClFN4O2/c27-23-14-29-20(11-17-1-3-19(4-2-17)31-21-15-34-16-21)12-22(23)25-6-5-24(28)26(32-25)30-13-18-7-9-33-10-8-18/h5-6,12,14,17-19,21,31H,1-4,7-11,13,15-16H2,(H,30,32). The van der Waals surface area contributed by atoms with E-state index >= 15 is 0 Å². The molecular formula is C26H34ClFN4O2. The Morgan fingerprint density at radius 3 is 2.50 bits per heavy atom. The van der Waals surface area contributed by atoms with E-state index in [1.165, 1.54) is 31.7 Å². The van der Waals surface area contributed by atoms with Crippen LogP contribution in [0.5, 0.6) is 0 Å². The molecule has 0 spiro atoms. The van der Waals surface area contributed by atoms with Crippen LogP contribution in [0.1, 0.15) is 44.2 Å². The maximum Gasteiger partial charge on any atom is 0.165 e. The molecule has 2 N–H and O–H groups in total. The van der Waals surface area contributed by atoms with Crippen molar-refractivity contribution in [2.24, 2.45) is 11.8 Å². The lowest BCUT2D eigenvalue weighted by Crippen LogP contribution is -2.51. The van der Waals surface area contributed by atoms with E-state index in [2.05, 4.69) is 20.6 Å². The summed E-state index contributed by atoms with van der Waals surface area (Å²) in [5.74, 6) is 1.03. The molecule has 0 bridgehead atoms. The van der Waals surface area contributed by atoms with Gasteiger partial charge in [-0.2, -0.15) is 0 Å². The molecule has 8 heteroatoms. The van der Waals surface area contributed by atoms with E-state index in [-0.39, 0.29) is 11.6 Å². The van der Waals surface area contributed by atoms with Crippen LogP contribution in [0.3, 0.4) is 0 Å². The number of aromatic nitrogens is 2. The quantitative estimate of drug-likeness (QED) is 0.553. The molecule has 5 rings (SSSR count). The lowest BCUT2D eigenvalue weighted by Gasteiger charge is -2.35. The van der Waals surface area contributed by atoms with E-state index in [1.54, 1.807) is 12.3 Å². The molecule has 2 aliphatic heterocycles. The molecule has 2 aromatic rings. The molecule has 34 heavy (non-hydrogen) atoms. The molecule has 0 unspecified atom stereocenters. The van der Waals surface area contributed by atoms with Gasteiger partial charge in [0.05, 0.1) is 30.0 Å². The summed E-state index contributed by atoms with van der Waals surface area (Å²) in [6.07, 6.45) is 9.39. The van der Waals surface area contributed by atoms with Crippen molar-refractivity contribution in [3.05, 3.63) is 40.9 Å². The molecule has 0 atom stereocenters. The van der Waals surface area contributed by atoms with Crippen molar-refractivity contribution < 1.29 is 13.9 Å². The molecule has 2 aromatic heterocycles. The summed E-state index contributed by atoms with van der Waals surface area (Å²) in [4.78, 5) is 9.17. The third kappa shape index (κ3) is 6.06. The Kier molecular flexibility index (Phi) is 7.94. The predicted octanol–water partition coefficient (Wildman–Crippen LogP) is 4.86. The fraction of sp³-hybridized carbons (Fsp3) is 0.615. The number of nitrogens with zero attached hydrogens (tertiary/aromatic N) is 2. The van der Waals surface area contributed by atoms with Gasteiger partial charge in [-0.05, 0) is 75.0 Å². The number of nitrogens with one attached hydrogen (secondary N) is 2. The molecule has 0 radical (unpaired) electrons. The number of ether oxygens (including phenoxy) is 2. The second kappa shape index (κ2) is 11.3. The Balaban J connectivity index is 1.21. The van der Waals surface area contributed by atoms with Crippen LogP contribution in [0.15, 0.2) is 24.4 Å². The van der Waals surface area contributed by atoms with E-state index in [1.807, 2.05) is 6.07 Å². The third-order valence-corrected chi connectivity index (χ3v) is 7.69. The summed E-state index contributed by atoms with van der Waals surface area (Å²) in [6.45, 7) is 3.93. The van der Waals surface area contributed by atoms with Gasteiger partial charge in [-0.15, -0.1) is 0 Å². The summed E-state index contributed by atoms with van der Waals surface area (Å²) < 4.78 is 25.1. The maximum atomic E-state index is 14.5. The van der Waals surface area contributed by atoms with Gasteiger partial charge in [-0.25, -0.2) is 9.37 Å². The van der Waals surface area contributed by atoms with Gasteiger partial charge >= 0.3 is 0 Å². The van der Waals surface area contributed by atoms with E-state index in [0.29, 0.717) is 41.2 Å². The average Bonchev–Trinajstić information content (AvgIpc) is 2.84. The third-order valence-electron chi connectivity index (χ3n) is 7.39. The van der Waals surface area contributed by atoms with Gasteiger partial charge in [0.1, 0.15) is 0 Å². The molecule has 184 valence electrons. The minimum Gasteiger partial charge on any atom is -0.381 e. The van der Waals surface area contributed by atoms with Crippen molar-refractivity contribution in [3.8, 4) is 11.3 Å². The van der Waals surface area contributed by atoms with Crippen LogP contribution in [0.4, 0.5) is 10.2 Å². The van der Waals surface area contributed by atoms with Crippen LogP contribution in [-0.2, 0) is 15.9 Å². The lowest BCUT2D eigenvalue weighted by atomic mass is 9.83. The van der Waals surface area contributed by atoms with Crippen molar-refractivity contribution in [1.29, 1.82) is 0 Å². The zero-order chi connectivity index (χ0) is 23.3. The number of pyridine rings is 2. The van der Waals surface area contributed by atoms with Crippen LogP contribution in [0.25, 0.3) is 11.3 Å². The first kappa shape index (κ1) is 23.9. The molecule has 0 amide bonds. The van der Waals surface area contributed by atoms with Crippen LogP contribution in [0, 0.1) is 17.7 Å².